The van der Waals surface area contributed by atoms with Crippen LogP contribution in [0.4, 0.5) is 0 Å². The number of aliphatic hydroxyl groups excluding tert-OH is 1. The SMILES string of the molecule is C=CCCC(=O)N(C)[C@H](C)[C@H](OC(=O)[C@@H]1[C@@H]2CC[C@]3(O2)[C@H](C(=O)N(CC=C)Cc2ccccc2)N([C@H](C)CO)C(=O)[C@@H]13)c1ccccc1. The van der Waals surface area contributed by atoms with Crippen LogP contribution in [0, 0.1) is 11.8 Å². The second-order valence-corrected chi connectivity index (χ2v) is 13.2. The number of carbonyl (C=O) groups is 4. The minimum atomic E-state index is -1.26. The summed E-state index contributed by atoms with van der Waals surface area (Å²) in [6.45, 7) is 11.2. The van der Waals surface area contributed by atoms with Crippen molar-refractivity contribution in [3.8, 4) is 0 Å². The zero-order chi connectivity index (χ0) is 34.6. The third-order valence-corrected chi connectivity index (χ3v) is 10.2. The van der Waals surface area contributed by atoms with Crippen molar-refractivity contribution < 1.29 is 33.8 Å². The highest BCUT2D eigenvalue weighted by atomic mass is 16.6. The van der Waals surface area contributed by atoms with Crippen molar-refractivity contribution in [2.24, 2.45) is 11.8 Å². The summed E-state index contributed by atoms with van der Waals surface area (Å²) in [4.78, 5) is 60.9. The van der Waals surface area contributed by atoms with Crippen LogP contribution in [0.3, 0.4) is 0 Å². The number of fused-ring (bicyclic) bond motifs is 1. The molecule has 2 aromatic rings. The Morgan fingerprint density at radius 1 is 1.08 bits per heavy atom. The zero-order valence-corrected chi connectivity index (χ0v) is 28.1. The molecule has 0 aromatic heterocycles. The Kier molecular flexibility index (Phi) is 10.9. The normalized spacial score (nSPS) is 25.9. The smallest absolute Gasteiger partial charge is 0.313 e. The summed E-state index contributed by atoms with van der Waals surface area (Å²) in [6.07, 6.45) is 3.58. The van der Waals surface area contributed by atoms with Gasteiger partial charge in [0.25, 0.3) is 0 Å². The lowest BCUT2D eigenvalue weighted by molar-refractivity contribution is -0.165. The fourth-order valence-electron chi connectivity index (χ4n) is 7.69. The molecular weight excluding hydrogens is 610 g/mol. The summed E-state index contributed by atoms with van der Waals surface area (Å²) >= 11 is 0. The standard InChI is InChI=1S/C38H47N3O7/c1-6-8-19-30(43)39(5)26(4)33(28-17-13-10-14-18-28)47-37(46)31-29-20-21-38(48-29)32(31)35(44)41(25(3)24-42)34(38)36(45)40(22-7-2)23-27-15-11-9-12-16-27/h6-7,9-18,25-26,29,31-34,42H,1-2,8,19-24H2,3-5H3/t25-,26-,29+,31-,32-,33+,34+,38-/m1/s1. The molecule has 2 bridgehead atoms. The van der Waals surface area contributed by atoms with Crippen molar-refractivity contribution in [1.82, 2.24) is 14.7 Å². The number of amides is 3. The van der Waals surface area contributed by atoms with E-state index >= 15 is 0 Å². The number of ether oxygens (including phenoxy) is 2. The molecule has 10 heteroatoms. The minimum absolute atomic E-state index is 0.109. The molecule has 48 heavy (non-hydrogen) atoms. The molecule has 8 atom stereocenters. The number of likely N-dealkylation sites (N-methyl/N-ethyl adjacent to an activating group) is 1. The summed E-state index contributed by atoms with van der Waals surface area (Å²) in [5.41, 5.74) is 0.371. The van der Waals surface area contributed by atoms with Crippen LogP contribution in [0.25, 0.3) is 0 Å². The molecule has 256 valence electrons. The van der Waals surface area contributed by atoms with Gasteiger partial charge in [-0.25, -0.2) is 0 Å². The van der Waals surface area contributed by atoms with E-state index in [1.54, 1.807) is 35.9 Å². The topological polar surface area (TPSA) is 117 Å². The van der Waals surface area contributed by atoms with Gasteiger partial charge in [-0.1, -0.05) is 72.8 Å². The fraction of sp³-hybridized carbons (Fsp3) is 0.474. The van der Waals surface area contributed by atoms with Gasteiger partial charge < -0.3 is 29.3 Å². The van der Waals surface area contributed by atoms with E-state index in [0.717, 1.165) is 5.56 Å². The number of rotatable bonds is 15. The third kappa shape index (κ3) is 6.43. The summed E-state index contributed by atoms with van der Waals surface area (Å²) in [5.74, 6) is -3.36. The molecule has 0 unspecified atom stereocenters. The third-order valence-electron chi connectivity index (χ3n) is 10.2. The van der Waals surface area contributed by atoms with Crippen LogP contribution in [0.2, 0.25) is 0 Å². The van der Waals surface area contributed by atoms with Crippen LogP contribution in [0.5, 0.6) is 0 Å². The number of carbonyl (C=O) groups excluding carboxylic acids is 4. The van der Waals surface area contributed by atoms with Crippen molar-refractivity contribution in [3.05, 3.63) is 97.1 Å². The lowest BCUT2D eigenvalue weighted by Crippen LogP contribution is -2.58. The highest BCUT2D eigenvalue weighted by molar-refractivity contribution is 5.98. The Hall–Kier alpha value is -4.28. The van der Waals surface area contributed by atoms with E-state index in [0.29, 0.717) is 31.4 Å². The van der Waals surface area contributed by atoms with Crippen molar-refractivity contribution in [1.29, 1.82) is 0 Å². The molecule has 3 aliphatic heterocycles. The molecule has 3 saturated heterocycles. The number of nitrogens with zero attached hydrogens (tertiary/aromatic N) is 3. The molecular formula is C38H47N3O7. The first-order valence-electron chi connectivity index (χ1n) is 16.8. The van der Waals surface area contributed by atoms with Crippen LogP contribution in [-0.2, 0) is 35.2 Å². The largest absolute Gasteiger partial charge is 0.455 e. The molecule has 0 radical (unpaired) electrons. The molecule has 10 nitrogen and oxygen atoms in total. The first kappa shape index (κ1) is 35.0. The number of benzene rings is 2. The molecule has 5 rings (SSSR count). The Balaban J connectivity index is 1.47. The molecule has 3 aliphatic rings. The second-order valence-electron chi connectivity index (χ2n) is 13.2. The molecule has 1 spiro atoms. The van der Waals surface area contributed by atoms with E-state index in [9.17, 15) is 24.3 Å². The summed E-state index contributed by atoms with van der Waals surface area (Å²) in [7, 11) is 1.69. The van der Waals surface area contributed by atoms with Gasteiger partial charge in [-0.05, 0) is 44.2 Å². The van der Waals surface area contributed by atoms with Gasteiger partial charge >= 0.3 is 5.97 Å². The van der Waals surface area contributed by atoms with Crippen LogP contribution in [0.1, 0.15) is 56.8 Å². The monoisotopic (exact) mass is 657 g/mol. The molecule has 3 fully saturated rings. The van der Waals surface area contributed by atoms with E-state index in [-0.39, 0.29) is 31.4 Å². The van der Waals surface area contributed by atoms with E-state index in [2.05, 4.69) is 13.2 Å². The summed E-state index contributed by atoms with van der Waals surface area (Å²) in [6, 6.07) is 16.5. The Morgan fingerprint density at radius 3 is 2.38 bits per heavy atom. The highest BCUT2D eigenvalue weighted by Crippen LogP contribution is 2.59. The van der Waals surface area contributed by atoms with Gasteiger partial charge in [0.05, 0.1) is 36.6 Å². The first-order chi connectivity index (χ1) is 23.1. The fourth-order valence-corrected chi connectivity index (χ4v) is 7.69. The molecule has 1 N–H and O–H groups in total. The predicted molar refractivity (Wildman–Crippen MR) is 180 cm³/mol. The van der Waals surface area contributed by atoms with Gasteiger partial charge in [0.2, 0.25) is 17.7 Å². The van der Waals surface area contributed by atoms with Crippen LogP contribution in [0.15, 0.2) is 86.0 Å². The Labute approximate surface area is 283 Å². The van der Waals surface area contributed by atoms with E-state index in [1.165, 1.54) is 4.90 Å². The lowest BCUT2D eigenvalue weighted by Gasteiger charge is -2.38. The van der Waals surface area contributed by atoms with Crippen LogP contribution < -0.4 is 0 Å². The number of hydrogen-bond acceptors (Lipinski definition) is 7. The number of aliphatic hydroxyl groups is 1. The van der Waals surface area contributed by atoms with Gasteiger partial charge in [0, 0.05) is 26.6 Å². The molecule has 3 heterocycles. The van der Waals surface area contributed by atoms with Crippen LogP contribution >= 0.6 is 0 Å². The number of likely N-dealkylation sites (tertiary alicyclic amines) is 1. The van der Waals surface area contributed by atoms with Gasteiger partial charge in [-0.2, -0.15) is 0 Å². The van der Waals surface area contributed by atoms with E-state index in [4.69, 9.17) is 9.47 Å². The van der Waals surface area contributed by atoms with E-state index < -0.39 is 59.6 Å². The van der Waals surface area contributed by atoms with Crippen molar-refractivity contribution >= 4 is 23.7 Å². The number of hydrogen-bond donors (Lipinski definition) is 1. The Bertz CT molecular complexity index is 1500. The average Bonchev–Trinajstić information content (AvgIpc) is 3.76. The zero-order valence-electron chi connectivity index (χ0n) is 28.1. The molecule has 2 aromatic carbocycles. The predicted octanol–water partition coefficient (Wildman–Crippen LogP) is 4.05. The summed E-state index contributed by atoms with van der Waals surface area (Å²) < 4.78 is 12.9. The Morgan fingerprint density at radius 2 is 1.75 bits per heavy atom. The van der Waals surface area contributed by atoms with Crippen molar-refractivity contribution in [2.45, 2.75) is 82.0 Å². The van der Waals surface area contributed by atoms with Gasteiger partial charge in [-0.15, -0.1) is 13.2 Å². The maximum absolute atomic E-state index is 14.5. The molecule has 0 aliphatic carbocycles. The van der Waals surface area contributed by atoms with Crippen molar-refractivity contribution in [2.75, 3.05) is 20.2 Å². The van der Waals surface area contributed by atoms with Gasteiger partial charge in [0.15, 0.2) is 0 Å². The molecule has 0 saturated carbocycles. The van der Waals surface area contributed by atoms with E-state index in [1.807, 2.05) is 67.6 Å². The molecule has 3 amide bonds. The average molecular weight is 658 g/mol. The number of esters is 1. The first-order valence-corrected chi connectivity index (χ1v) is 16.8. The second kappa shape index (κ2) is 14.9. The van der Waals surface area contributed by atoms with Crippen LogP contribution in [-0.4, -0.2) is 93.5 Å². The lowest BCUT2D eigenvalue weighted by atomic mass is 9.70. The minimum Gasteiger partial charge on any atom is -0.455 e. The highest BCUT2D eigenvalue weighted by Gasteiger charge is 2.75. The quantitative estimate of drug-likeness (QED) is 0.227. The summed E-state index contributed by atoms with van der Waals surface area (Å²) in [5, 5.41) is 10.2. The van der Waals surface area contributed by atoms with Gasteiger partial charge in [0.1, 0.15) is 17.7 Å². The maximum Gasteiger partial charge on any atom is 0.313 e. The maximum atomic E-state index is 14.5. The van der Waals surface area contributed by atoms with Crippen molar-refractivity contribution in [3.63, 3.8) is 0 Å². The van der Waals surface area contributed by atoms with Gasteiger partial charge in [-0.3, -0.25) is 19.2 Å². The number of allylic oxidation sites excluding steroid dienone is 1.